The molecule has 4 nitrogen and oxygen atoms in total. The number of carbonyl (C=O) groups excluding carboxylic acids is 1. The summed E-state index contributed by atoms with van der Waals surface area (Å²) in [6.07, 6.45) is 1.81. The molecule has 3 rings (SSSR count). The molecule has 5 heteroatoms. The van der Waals surface area contributed by atoms with Crippen LogP contribution in [-0.2, 0) is 11.3 Å². The number of halogens is 1. The van der Waals surface area contributed by atoms with Crippen molar-refractivity contribution in [3.05, 3.63) is 35.9 Å². The van der Waals surface area contributed by atoms with Crippen LogP contribution in [0.1, 0.15) is 18.4 Å². The van der Waals surface area contributed by atoms with Crippen LogP contribution < -0.4 is 10.6 Å². The van der Waals surface area contributed by atoms with E-state index in [1.807, 2.05) is 30.3 Å². The van der Waals surface area contributed by atoms with Crippen molar-refractivity contribution in [3.63, 3.8) is 0 Å². The number of alkyl carbamates (subject to hydrolysis) is 1. The fourth-order valence-electron chi connectivity index (χ4n) is 2.72. The monoisotopic (exact) mass is 282 g/mol. The average Bonchev–Trinajstić information content (AvgIpc) is 3.11. The number of ether oxygens (including phenoxy) is 1. The number of carbonyl (C=O) groups is 1. The molecule has 2 fully saturated rings. The van der Waals surface area contributed by atoms with E-state index in [1.165, 1.54) is 0 Å². The Morgan fingerprint density at radius 2 is 2.21 bits per heavy atom. The highest BCUT2D eigenvalue weighted by molar-refractivity contribution is 5.85. The molecule has 0 aromatic heterocycles. The molecule has 104 valence electrons. The van der Waals surface area contributed by atoms with E-state index in [1.54, 1.807) is 0 Å². The van der Waals surface area contributed by atoms with Gasteiger partial charge in [0.2, 0.25) is 0 Å². The first kappa shape index (κ1) is 14.2. The van der Waals surface area contributed by atoms with Crippen molar-refractivity contribution in [2.45, 2.75) is 25.0 Å². The van der Waals surface area contributed by atoms with E-state index in [-0.39, 0.29) is 24.0 Å². The van der Waals surface area contributed by atoms with Crippen LogP contribution in [0, 0.1) is 5.92 Å². The van der Waals surface area contributed by atoms with Crippen LogP contribution >= 0.6 is 12.4 Å². The molecule has 1 aromatic carbocycles. The molecule has 2 aliphatic rings. The molecule has 2 atom stereocenters. The van der Waals surface area contributed by atoms with Crippen molar-refractivity contribution >= 4 is 18.5 Å². The normalized spacial score (nSPS) is 27.7. The molecule has 1 aliphatic heterocycles. The molecule has 1 saturated heterocycles. The lowest BCUT2D eigenvalue weighted by Crippen LogP contribution is -2.45. The van der Waals surface area contributed by atoms with Crippen molar-refractivity contribution in [1.29, 1.82) is 0 Å². The lowest BCUT2D eigenvalue weighted by atomic mass is 10.1. The molecule has 2 N–H and O–H groups in total. The molecule has 1 aromatic rings. The van der Waals surface area contributed by atoms with E-state index in [2.05, 4.69) is 10.6 Å². The van der Waals surface area contributed by atoms with Gasteiger partial charge in [-0.1, -0.05) is 30.3 Å². The third-order valence-electron chi connectivity index (χ3n) is 3.93. The highest BCUT2D eigenvalue weighted by Gasteiger charge is 2.56. The predicted octanol–water partition coefficient (Wildman–Crippen LogP) is 2.09. The van der Waals surface area contributed by atoms with Gasteiger partial charge in [0.1, 0.15) is 6.61 Å². The Bertz CT molecular complexity index is 440. The van der Waals surface area contributed by atoms with Crippen LogP contribution in [0.25, 0.3) is 0 Å². The van der Waals surface area contributed by atoms with Crippen LogP contribution in [0.2, 0.25) is 0 Å². The van der Waals surface area contributed by atoms with E-state index < -0.39 is 0 Å². The fraction of sp³-hybridized carbons (Fsp3) is 0.500. The minimum atomic E-state index is -0.289. The summed E-state index contributed by atoms with van der Waals surface area (Å²) < 4.78 is 5.25. The zero-order valence-electron chi connectivity index (χ0n) is 10.7. The lowest BCUT2D eigenvalue weighted by molar-refractivity contribution is 0.131. The Morgan fingerprint density at radius 1 is 1.42 bits per heavy atom. The molecule has 19 heavy (non-hydrogen) atoms. The zero-order valence-corrected chi connectivity index (χ0v) is 11.5. The van der Waals surface area contributed by atoms with Crippen LogP contribution in [0.4, 0.5) is 4.79 Å². The summed E-state index contributed by atoms with van der Waals surface area (Å²) in [4.78, 5) is 11.8. The Labute approximate surface area is 119 Å². The van der Waals surface area contributed by atoms with Crippen LogP contribution in [-0.4, -0.2) is 24.7 Å². The first-order valence-corrected chi connectivity index (χ1v) is 6.48. The van der Waals surface area contributed by atoms with Gasteiger partial charge in [-0.05, 0) is 30.9 Å². The van der Waals surface area contributed by atoms with Crippen LogP contribution in [0.3, 0.4) is 0 Å². The summed E-state index contributed by atoms with van der Waals surface area (Å²) in [5, 5.41) is 6.38. The van der Waals surface area contributed by atoms with Gasteiger partial charge in [-0.25, -0.2) is 4.79 Å². The minimum absolute atomic E-state index is 0. The number of hydrogen-bond acceptors (Lipinski definition) is 3. The van der Waals surface area contributed by atoms with Crippen LogP contribution in [0.5, 0.6) is 0 Å². The number of rotatable bonds is 3. The second-order valence-corrected chi connectivity index (χ2v) is 5.20. The number of fused-ring (bicyclic) bond motifs is 1. The maximum Gasteiger partial charge on any atom is 0.407 e. The third kappa shape index (κ3) is 3.19. The van der Waals surface area contributed by atoms with E-state index in [4.69, 9.17) is 4.74 Å². The molecule has 1 saturated carbocycles. The van der Waals surface area contributed by atoms with Gasteiger partial charge in [0.05, 0.1) is 0 Å². The molecule has 2 unspecified atom stereocenters. The fourth-order valence-corrected chi connectivity index (χ4v) is 2.72. The Balaban J connectivity index is 0.00000133. The number of nitrogens with one attached hydrogen (secondary N) is 2. The molecule has 0 bridgehead atoms. The van der Waals surface area contributed by atoms with Crippen molar-refractivity contribution < 1.29 is 9.53 Å². The summed E-state index contributed by atoms with van der Waals surface area (Å²) in [5.41, 5.74) is 1.04. The molecule has 1 heterocycles. The first-order chi connectivity index (χ1) is 8.78. The van der Waals surface area contributed by atoms with Gasteiger partial charge in [0, 0.05) is 12.1 Å². The molecule has 1 amide bonds. The highest BCUT2D eigenvalue weighted by atomic mass is 35.5. The first-order valence-electron chi connectivity index (χ1n) is 6.48. The maximum absolute atomic E-state index is 11.8. The number of amides is 1. The second kappa shape index (κ2) is 5.80. The topological polar surface area (TPSA) is 50.4 Å². The average molecular weight is 283 g/mol. The molecular weight excluding hydrogens is 264 g/mol. The van der Waals surface area contributed by atoms with E-state index in [9.17, 15) is 4.79 Å². The summed E-state index contributed by atoms with van der Waals surface area (Å²) in [6.45, 7) is 2.33. The van der Waals surface area contributed by atoms with Gasteiger partial charge < -0.3 is 15.4 Å². The Morgan fingerprint density at radius 3 is 2.95 bits per heavy atom. The highest BCUT2D eigenvalue weighted by Crippen LogP contribution is 2.47. The molecule has 0 radical (unpaired) electrons. The Hall–Kier alpha value is -1.26. The molecule has 1 aliphatic carbocycles. The SMILES string of the molecule is Cl.O=C(NC12CCNCC1C2)OCc1ccccc1. The van der Waals surface area contributed by atoms with Crippen molar-refractivity contribution in [1.82, 2.24) is 10.6 Å². The molecule has 0 spiro atoms. The number of hydrogen-bond donors (Lipinski definition) is 2. The van der Waals surface area contributed by atoms with Gasteiger partial charge in [-0.15, -0.1) is 12.4 Å². The lowest BCUT2D eigenvalue weighted by Gasteiger charge is -2.23. The summed E-state index contributed by atoms with van der Waals surface area (Å²) >= 11 is 0. The van der Waals surface area contributed by atoms with E-state index in [0.717, 1.165) is 31.5 Å². The van der Waals surface area contributed by atoms with E-state index >= 15 is 0 Å². The van der Waals surface area contributed by atoms with Crippen molar-refractivity contribution in [3.8, 4) is 0 Å². The number of piperidine rings is 1. The summed E-state index contributed by atoms with van der Waals surface area (Å²) in [5.74, 6) is 0.593. The number of benzene rings is 1. The second-order valence-electron chi connectivity index (χ2n) is 5.20. The summed E-state index contributed by atoms with van der Waals surface area (Å²) in [6, 6.07) is 9.75. The van der Waals surface area contributed by atoms with Gasteiger partial charge in [-0.2, -0.15) is 0 Å². The molecular formula is C14H19ClN2O2. The minimum Gasteiger partial charge on any atom is -0.445 e. The third-order valence-corrected chi connectivity index (χ3v) is 3.93. The van der Waals surface area contributed by atoms with Crippen molar-refractivity contribution in [2.24, 2.45) is 5.92 Å². The smallest absolute Gasteiger partial charge is 0.407 e. The zero-order chi connectivity index (χ0) is 12.4. The maximum atomic E-state index is 11.8. The Kier molecular flexibility index (Phi) is 4.32. The standard InChI is InChI=1S/C14H18N2O2.ClH/c17-13(18-10-11-4-2-1-3-5-11)16-14-6-7-15-9-12(14)8-14;/h1-5,12,15H,6-10H2,(H,16,17);1H. The van der Waals surface area contributed by atoms with Gasteiger partial charge in [0.25, 0.3) is 0 Å². The van der Waals surface area contributed by atoms with Gasteiger partial charge in [0.15, 0.2) is 0 Å². The van der Waals surface area contributed by atoms with Crippen molar-refractivity contribution in [2.75, 3.05) is 13.1 Å². The van der Waals surface area contributed by atoms with Crippen LogP contribution in [0.15, 0.2) is 30.3 Å². The summed E-state index contributed by atoms with van der Waals surface area (Å²) in [7, 11) is 0. The quantitative estimate of drug-likeness (QED) is 0.892. The van der Waals surface area contributed by atoms with E-state index in [0.29, 0.717) is 12.5 Å². The van der Waals surface area contributed by atoms with Gasteiger partial charge in [-0.3, -0.25) is 0 Å². The largest absolute Gasteiger partial charge is 0.445 e. The van der Waals surface area contributed by atoms with Gasteiger partial charge >= 0.3 is 6.09 Å². The predicted molar refractivity (Wildman–Crippen MR) is 75.3 cm³/mol.